The molecule has 0 heterocycles. The molecule has 0 radical (unpaired) electrons. The highest BCUT2D eigenvalue weighted by atomic mass is 14.0. The van der Waals surface area contributed by atoms with E-state index >= 15 is 0 Å². The van der Waals surface area contributed by atoms with E-state index in [9.17, 15) is 0 Å². The van der Waals surface area contributed by atoms with Crippen LogP contribution in [-0.2, 0) is 0 Å². The van der Waals surface area contributed by atoms with Crippen LogP contribution >= 0.6 is 0 Å². The second-order valence-corrected chi connectivity index (χ2v) is 2.21. The third-order valence-electron chi connectivity index (χ3n) is 1.53. The molecule has 0 amide bonds. The van der Waals surface area contributed by atoms with E-state index in [-0.39, 0.29) is 0 Å². The molecule has 0 saturated heterocycles. The van der Waals surface area contributed by atoms with Crippen LogP contribution in [0.3, 0.4) is 0 Å². The fourth-order valence-electron chi connectivity index (χ4n) is 0.951. The summed E-state index contributed by atoms with van der Waals surface area (Å²) in [6.45, 7) is 1.95. The number of allylic oxidation sites excluding steroid dienone is 2. The van der Waals surface area contributed by atoms with Crippen molar-refractivity contribution in [2.75, 3.05) is 0 Å². The number of hydrogen-bond donors (Lipinski definition) is 0. The number of benzene rings is 1. The number of rotatable bonds is 1. The van der Waals surface area contributed by atoms with Gasteiger partial charge in [0.05, 0.1) is 0 Å². The minimum Gasteiger partial charge on any atom is -0.115 e. The van der Waals surface area contributed by atoms with Crippen LogP contribution in [0.1, 0.15) is 12.5 Å². The molecule has 0 aromatic heterocycles. The van der Waals surface area contributed by atoms with Crippen LogP contribution in [0, 0.1) is 12.3 Å². The third kappa shape index (κ3) is 1.72. The lowest BCUT2D eigenvalue weighted by molar-refractivity contribution is 1.61. The minimum absolute atomic E-state index is 0.950. The van der Waals surface area contributed by atoms with Crippen molar-refractivity contribution >= 4 is 5.57 Å². The number of terminal acetylenes is 1. The zero-order valence-corrected chi connectivity index (χ0v) is 6.54. The molecule has 1 aromatic carbocycles. The standard InChI is InChI=1S/C11H10/c1-3-10(4-2)11-8-6-5-7-9-11/h1,4-9H,2H3/b10-4+. The molecule has 0 saturated carbocycles. The van der Waals surface area contributed by atoms with E-state index < -0.39 is 0 Å². The summed E-state index contributed by atoms with van der Waals surface area (Å²) in [4.78, 5) is 0. The van der Waals surface area contributed by atoms with E-state index in [1.165, 1.54) is 0 Å². The van der Waals surface area contributed by atoms with E-state index in [1.54, 1.807) is 0 Å². The van der Waals surface area contributed by atoms with Crippen LogP contribution in [0.25, 0.3) is 5.57 Å². The van der Waals surface area contributed by atoms with Crippen LogP contribution < -0.4 is 0 Å². The summed E-state index contributed by atoms with van der Waals surface area (Å²) in [5.41, 5.74) is 2.06. The molecule has 54 valence electrons. The third-order valence-corrected chi connectivity index (χ3v) is 1.53. The van der Waals surface area contributed by atoms with Crippen molar-refractivity contribution in [2.24, 2.45) is 0 Å². The van der Waals surface area contributed by atoms with Crippen molar-refractivity contribution in [1.82, 2.24) is 0 Å². The predicted molar refractivity (Wildman–Crippen MR) is 48.9 cm³/mol. The Bertz CT molecular complexity index is 286. The Hall–Kier alpha value is -1.48. The van der Waals surface area contributed by atoms with Crippen molar-refractivity contribution < 1.29 is 0 Å². The Balaban J connectivity index is 3.05. The average Bonchev–Trinajstić information content (AvgIpc) is 2.09. The molecule has 0 nitrogen and oxygen atoms in total. The quantitative estimate of drug-likeness (QED) is 0.529. The predicted octanol–water partition coefficient (Wildman–Crippen LogP) is 2.72. The SMILES string of the molecule is C#C/C(=C\C)c1ccccc1. The van der Waals surface area contributed by atoms with Gasteiger partial charge in [0.2, 0.25) is 0 Å². The summed E-state index contributed by atoms with van der Waals surface area (Å²) >= 11 is 0. The Morgan fingerprint density at radius 2 is 2.00 bits per heavy atom. The Kier molecular flexibility index (Phi) is 2.52. The van der Waals surface area contributed by atoms with E-state index in [1.807, 2.05) is 43.3 Å². The summed E-state index contributed by atoms with van der Waals surface area (Å²) < 4.78 is 0. The van der Waals surface area contributed by atoms with E-state index in [0.717, 1.165) is 11.1 Å². The van der Waals surface area contributed by atoms with E-state index in [4.69, 9.17) is 6.42 Å². The topological polar surface area (TPSA) is 0 Å². The molecule has 11 heavy (non-hydrogen) atoms. The highest BCUT2D eigenvalue weighted by Gasteiger charge is 1.92. The van der Waals surface area contributed by atoms with Gasteiger partial charge in [0, 0.05) is 5.57 Å². The molecule has 0 bridgehead atoms. The van der Waals surface area contributed by atoms with Crippen LogP contribution in [0.5, 0.6) is 0 Å². The van der Waals surface area contributed by atoms with Gasteiger partial charge in [-0.05, 0) is 12.5 Å². The summed E-state index contributed by atoms with van der Waals surface area (Å²) in [5.74, 6) is 2.63. The second-order valence-electron chi connectivity index (χ2n) is 2.21. The summed E-state index contributed by atoms with van der Waals surface area (Å²) in [7, 11) is 0. The molecule has 0 fully saturated rings. The van der Waals surface area contributed by atoms with Gasteiger partial charge in [-0.3, -0.25) is 0 Å². The first-order valence-corrected chi connectivity index (χ1v) is 3.57. The fourth-order valence-corrected chi connectivity index (χ4v) is 0.951. The van der Waals surface area contributed by atoms with Crippen LogP contribution in [0.4, 0.5) is 0 Å². The van der Waals surface area contributed by atoms with Crippen LogP contribution in [0.15, 0.2) is 36.4 Å². The van der Waals surface area contributed by atoms with Crippen molar-refractivity contribution in [3.05, 3.63) is 42.0 Å². The molecule has 0 spiro atoms. The van der Waals surface area contributed by atoms with Gasteiger partial charge in [-0.15, -0.1) is 6.42 Å². The van der Waals surface area contributed by atoms with E-state index in [2.05, 4.69) is 5.92 Å². The smallest absolute Gasteiger partial charge is 0.0272 e. The first-order valence-electron chi connectivity index (χ1n) is 3.57. The molecule has 0 heteroatoms. The molecule has 0 aliphatic heterocycles. The normalized spacial score (nSPS) is 10.7. The van der Waals surface area contributed by atoms with Gasteiger partial charge >= 0.3 is 0 Å². The molecule has 0 aliphatic carbocycles. The maximum Gasteiger partial charge on any atom is 0.0272 e. The summed E-state index contributed by atoms with van der Waals surface area (Å²) in [5, 5.41) is 0. The first-order chi connectivity index (χ1) is 5.38. The molecular weight excluding hydrogens is 132 g/mol. The van der Waals surface area contributed by atoms with Gasteiger partial charge in [-0.25, -0.2) is 0 Å². The summed E-state index contributed by atoms with van der Waals surface area (Å²) in [6, 6.07) is 9.96. The molecular formula is C11H10. The molecule has 0 atom stereocenters. The molecule has 0 N–H and O–H groups in total. The lowest BCUT2D eigenvalue weighted by Gasteiger charge is -1.96. The Labute approximate surface area is 67.6 Å². The molecule has 1 rings (SSSR count). The van der Waals surface area contributed by atoms with Gasteiger partial charge in [0.1, 0.15) is 0 Å². The van der Waals surface area contributed by atoms with Crippen LogP contribution in [0.2, 0.25) is 0 Å². The van der Waals surface area contributed by atoms with Crippen molar-refractivity contribution in [1.29, 1.82) is 0 Å². The van der Waals surface area contributed by atoms with Gasteiger partial charge < -0.3 is 0 Å². The van der Waals surface area contributed by atoms with Crippen molar-refractivity contribution in [3.8, 4) is 12.3 Å². The zero-order valence-electron chi connectivity index (χ0n) is 6.54. The maximum absolute atomic E-state index is 5.30. The Morgan fingerprint density at radius 1 is 1.36 bits per heavy atom. The largest absolute Gasteiger partial charge is 0.115 e. The second kappa shape index (κ2) is 3.63. The fraction of sp³-hybridized carbons (Fsp3) is 0.0909. The lowest BCUT2D eigenvalue weighted by Crippen LogP contribution is -1.77. The van der Waals surface area contributed by atoms with Gasteiger partial charge in [0.25, 0.3) is 0 Å². The lowest BCUT2D eigenvalue weighted by atomic mass is 10.1. The number of hydrogen-bond acceptors (Lipinski definition) is 0. The average molecular weight is 142 g/mol. The van der Waals surface area contributed by atoms with Crippen molar-refractivity contribution in [3.63, 3.8) is 0 Å². The first kappa shape index (κ1) is 7.63. The summed E-state index contributed by atoms with van der Waals surface area (Å²) in [6.07, 6.45) is 7.24. The highest BCUT2D eigenvalue weighted by Crippen LogP contribution is 2.11. The molecule has 0 unspecified atom stereocenters. The molecule has 0 aliphatic rings. The van der Waals surface area contributed by atoms with Crippen molar-refractivity contribution in [2.45, 2.75) is 6.92 Å². The maximum atomic E-state index is 5.30. The van der Waals surface area contributed by atoms with Gasteiger partial charge in [0.15, 0.2) is 0 Å². The highest BCUT2D eigenvalue weighted by molar-refractivity contribution is 5.77. The van der Waals surface area contributed by atoms with Gasteiger partial charge in [-0.2, -0.15) is 0 Å². The van der Waals surface area contributed by atoms with Crippen LogP contribution in [-0.4, -0.2) is 0 Å². The zero-order chi connectivity index (χ0) is 8.10. The molecule has 1 aromatic rings. The van der Waals surface area contributed by atoms with Gasteiger partial charge in [-0.1, -0.05) is 42.3 Å². The van der Waals surface area contributed by atoms with E-state index in [0.29, 0.717) is 0 Å². The Morgan fingerprint density at radius 3 is 2.45 bits per heavy atom. The monoisotopic (exact) mass is 142 g/mol. The minimum atomic E-state index is 0.950.